The molecule has 0 bridgehead atoms. The van der Waals surface area contributed by atoms with Gasteiger partial charge in [0.1, 0.15) is 6.10 Å². The molecular weight excluding hydrogens is 240 g/mol. The van der Waals surface area contributed by atoms with Crippen LogP contribution < -0.4 is 0 Å². The molecule has 2 rings (SSSR count). The average Bonchev–Trinajstić information content (AvgIpc) is 2.35. The fourth-order valence-corrected chi connectivity index (χ4v) is 1.96. The van der Waals surface area contributed by atoms with Crippen molar-refractivity contribution < 1.29 is 18.3 Å². The van der Waals surface area contributed by atoms with Crippen LogP contribution in [-0.4, -0.2) is 43.5 Å². The SMILES string of the molecule is CN1CCOC(C(=O)Cc2cccc(F)c2F)C1. The van der Waals surface area contributed by atoms with E-state index in [4.69, 9.17) is 4.74 Å². The number of morpholine rings is 1. The van der Waals surface area contributed by atoms with Gasteiger partial charge in [-0.05, 0) is 18.7 Å². The fourth-order valence-electron chi connectivity index (χ4n) is 1.96. The lowest BCUT2D eigenvalue weighted by molar-refractivity contribution is -0.134. The lowest BCUT2D eigenvalue weighted by atomic mass is 10.0. The van der Waals surface area contributed by atoms with Crippen LogP contribution in [0, 0.1) is 11.6 Å². The average molecular weight is 255 g/mol. The van der Waals surface area contributed by atoms with Gasteiger partial charge in [-0.2, -0.15) is 0 Å². The second-order valence-electron chi connectivity index (χ2n) is 4.48. The number of halogens is 2. The molecule has 0 N–H and O–H groups in total. The molecule has 1 saturated heterocycles. The number of hydrogen-bond donors (Lipinski definition) is 0. The summed E-state index contributed by atoms with van der Waals surface area (Å²) in [6.07, 6.45) is -0.686. The van der Waals surface area contributed by atoms with Gasteiger partial charge in [0.25, 0.3) is 0 Å². The highest BCUT2D eigenvalue weighted by Gasteiger charge is 2.25. The minimum absolute atomic E-state index is 0.0804. The zero-order chi connectivity index (χ0) is 13.1. The van der Waals surface area contributed by atoms with Crippen molar-refractivity contribution in [3.8, 4) is 0 Å². The lowest BCUT2D eigenvalue weighted by Gasteiger charge is -2.29. The van der Waals surface area contributed by atoms with Gasteiger partial charge < -0.3 is 9.64 Å². The summed E-state index contributed by atoms with van der Waals surface area (Å²) in [7, 11) is 1.89. The van der Waals surface area contributed by atoms with Crippen molar-refractivity contribution in [1.29, 1.82) is 0 Å². The molecule has 0 aliphatic carbocycles. The molecule has 1 aliphatic rings. The largest absolute Gasteiger partial charge is 0.368 e. The molecule has 1 aliphatic heterocycles. The van der Waals surface area contributed by atoms with E-state index in [1.54, 1.807) is 0 Å². The molecule has 1 fully saturated rings. The van der Waals surface area contributed by atoms with E-state index in [9.17, 15) is 13.6 Å². The van der Waals surface area contributed by atoms with Crippen molar-refractivity contribution >= 4 is 5.78 Å². The van der Waals surface area contributed by atoms with E-state index >= 15 is 0 Å². The summed E-state index contributed by atoms with van der Waals surface area (Å²) >= 11 is 0. The van der Waals surface area contributed by atoms with Gasteiger partial charge in [0.2, 0.25) is 0 Å². The van der Waals surface area contributed by atoms with Crippen molar-refractivity contribution in [2.24, 2.45) is 0 Å². The van der Waals surface area contributed by atoms with Gasteiger partial charge in [0, 0.05) is 19.5 Å². The maximum Gasteiger partial charge on any atom is 0.167 e. The Kier molecular flexibility index (Phi) is 4.04. The van der Waals surface area contributed by atoms with Crippen LogP contribution >= 0.6 is 0 Å². The minimum atomic E-state index is -0.949. The van der Waals surface area contributed by atoms with Crippen molar-refractivity contribution in [3.05, 3.63) is 35.4 Å². The third-order valence-corrected chi connectivity index (χ3v) is 3.02. The summed E-state index contributed by atoms with van der Waals surface area (Å²) in [5.41, 5.74) is 0.0804. The maximum absolute atomic E-state index is 13.4. The van der Waals surface area contributed by atoms with Crippen LogP contribution in [0.25, 0.3) is 0 Å². The second-order valence-corrected chi connectivity index (χ2v) is 4.48. The molecule has 98 valence electrons. The fraction of sp³-hybridized carbons (Fsp3) is 0.462. The van der Waals surface area contributed by atoms with Gasteiger partial charge in [0.05, 0.1) is 6.61 Å². The first-order chi connectivity index (χ1) is 8.58. The van der Waals surface area contributed by atoms with Gasteiger partial charge in [-0.3, -0.25) is 4.79 Å². The Hall–Kier alpha value is -1.33. The summed E-state index contributed by atoms with van der Waals surface area (Å²) in [6, 6.07) is 3.85. The molecule has 18 heavy (non-hydrogen) atoms. The van der Waals surface area contributed by atoms with Crippen molar-refractivity contribution in [3.63, 3.8) is 0 Å². The number of benzene rings is 1. The smallest absolute Gasteiger partial charge is 0.167 e. The first kappa shape index (κ1) is 13.1. The van der Waals surface area contributed by atoms with Crippen molar-refractivity contribution in [2.45, 2.75) is 12.5 Å². The number of ether oxygens (including phenoxy) is 1. The summed E-state index contributed by atoms with van der Waals surface area (Å²) in [4.78, 5) is 13.9. The number of carbonyl (C=O) groups is 1. The molecule has 0 aromatic heterocycles. The van der Waals surface area contributed by atoms with Gasteiger partial charge in [-0.15, -0.1) is 0 Å². The van der Waals surface area contributed by atoms with E-state index in [1.165, 1.54) is 12.1 Å². The number of nitrogens with zero attached hydrogens (tertiary/aromatic N) is 1. The zero-order valence-corrected chi connectivity index (χ0v) is 10.2. The molecule has 0 spiro atoms. The highest BCUT2D eigenvalue weighted by atomic mass is 19.2. The minimum Gasteiger partial charge on any atom is -0.368 e. The zero-order valence-electron chi connectivity index (χ0n) is 10.2. The Morgan fingerprint density at radius 3 is 3.00 bits per heavy atom. The molecule has 3 nitrogen and oxygen atoms in total. The third kappa shape index (κ3) is 2.91. The van der Waals surface area contributed by atoms with Gasteiger partial charge in [-0.1, -0.05) is 12.1 Å². The summed E-state index contributed by atoms with van der Waals surface area (Å²) in [6.45, 7) is 1.76. The number of likely N-dealkylation sites (N-methyl/N-ethyl adjacent to an activating group) is 1. The molecule has 1 unspecified atom stereocenters. The molecule has 1 aromatic rings. The summed E-state index contributed by atoms with van der Waals surface area (Å²) in [5.74, 6) is -2.09. The Labute approximate surface area is 104 Å². The van der Waals surface area contributed by atoms with E-state index < -0.39 is 17.7 Å². The first-order valence-electron chi connectivity index (χ1n) is 5.83. The highest BCUT2D eigenvalue weighted by molar-refractivity contribution is 5.85. The first-order valence-corrected chi connectivity index (χ1v) is 5.83. The molecule has 0 amide bonds. The normalized spacial score (nSPS) is 20.9. The number of rotatable bonds is 3. The van der Waals surface area contributed by atoms with Crippen molar-refractivity contribution in [1.82, 2.24) is 4.90 Å². The molecule has 1 aromatic carbocycles. The van der Waals surface area contributed by atoms with E-state index in [1.807, 2.05) is 11.9 Å². The Morgan fingerprint density at radius 1 is 1.50 bits per heavy atom. The van der Waals surface area contributed by atoms with Crippen LogP contribution in [-0.2, 0) is 16.0 Å². The number of ketones is 1. The van der Waals surface area contributed by atoms with Crippen LogP contribution in [0.2, 0.25) is 0 Å². The van der Waals surface area contributed by atoms with Crippen molar-refractivity contribution in [2.75, 3.05) is 26.7 Å². The van der Waals surface area contributed by atoms with E-state index in [2.05, 4.69) is 0 Å². The number of Topliss-reactive ketones (excluding diaryl/α,β-unsaturated/α-hetero) is 1. The topological polar surface area (TPSA) is 29.5 Å². The standard InChI is InChI=1S/C13H15F2NO2/c1-16-5-6-18-12(8-16)11(17)7-9-3-2-4-10(14)13(9)15/h2-4,12H,5-8H2,1H3. The highest BCUT2D eigenvalue weighted by Crippen LogP contribution is 2.14. The van der Waals surface area contributed by atoms with Crippen LogP contribution in [0.3, 0.4) is 0 Å². The molecule has 0 saturated carbocycles. The Morgan fingerprint density at radius 2 is 2.28 bits per heavy atom. The molecule has 5 heteroatoms. The third-order valence-electron chi connectivity index (χ3n) is 3.02. The van der Waals surface area contributed by atoms with Crippen LogP contribution in [0.4, 0.5) is 8.78 Å². The summed E-state index contributed by atoms with van der Waals surface area (Å²) in [5, 5.41) is 0. The lowest BCUT2D eigenvalue weighted by Crippen LogP contribution is -2.44. The number of carbonyl (C=O) groups excluding carboxylic acids is 1. The molecular formula is C13H15F2NO2. The monoisotopic (exact) mass is 255 g/mol. The molecule has 0 radical (unpaired) electrons. The van der Waals surface area contributed by atoms with E-state index in [-0.39, 0.29) is 17.8 Å². The Balaban J connectivity index is 2.04. The predicted molar refractivity (Wildman–Crippen MR) is 62.3 cm³/mol. The predicted octanol–water partition coefficient (Wildman–Crippen LogP) is 1.41. The number of hydrogen-bond acceptors (Lipinski definition) is 3. The maximum atomic E-state index is 13.4. The quantitative estimate of drug-likeness (QED) is 0.818. The van der Waals surface area contributed by atoms with Crippen LogP contribution in [0.1, 0.15) is 5.56 Å². The van der Waals surface area contributed by atoms with Gasteiger partial charge in [-0.25, -0.2) is 8.78 Å². The van der Waals surface area contributed by atoms with E-state index in [0.29, 0.717) is 13.2 Å². The second kappa shape index (κ2) is 5.54. The molecule has 1 atom stereocenters. The molecule has 1 heterocycles. The van der Waals surface area contributed by atoms with Crippen LogP contribution in [0.15, 0.2) is 18.2 Å². The summed E-state index contributed by atoms with van der Waals surface area (Å²) < 4.78 is 31.8. The van der Waals surface area contributed by atoms with E-state index in [0.717, 1.165) is 12.6 Å². The van der Waals surface area contributed by atoms with Crippen LogP contribution in [0.5, 0.6) is 0 Å². The van der Waals surface area contributed by atoms with Gasteiger partial charge >= 0.3 is 0 Å². The Bertz CT molecular complexity index is 451. The van der Waals surface area contributed by atoms with Gasteiger partial charge in [0.15, 0.2) is 17.4 Å².